The van der Waals surface area contributed by atoms with Crippen LogP contribution in [0.5, 0.6) is 0 Å². The van der Waals surface area contributed by atoms with Crippen LogP contribution in [-0.2, 0) is 23.1 Å². The van der Waals surface area contributed by atoms with Crippen LogP contribution in [0.25, 0.3) is 11.4 Å². The van der Waals surface area contributed by atoms with Crippen molar-refractivity contribution in [3.8, 4) is 11.4 Å². The smallest absolute Gasteiger partial charge is 0.407 e. The highest BCUT2D eigenvalue weighted by Gasteiger charge is 2.39. The lowest BCUT2D eigenvalue weighted by Crippen LogP contribution is -2.56. The quantitative estimate of drug-likeness (QED) is 0.424. The number of carboxylic acid groups (broad SMARTS) is 1. The maximum Gasteiger partial charge on any atom is 0.407 e. The Morgan fingerprint density at radius 2 is 1.76 bits per heavy atom. The van der Waals surface area contributed by atoms with Crippen molar-refractivity contribution in [2.45, 2.75) is 25.0 Å². The number of anilines is 1. The second-order valence-corrected chi connectivity index (χ2v) is 12.4. The van der Waals surface area contributed by atoms with Crippen LogP contribution < -0.4 is 10.2 Å². The van der Waals surface area contributed by atoms with Crippen molar-refractivity contribution in [2.24, 2.45) is 0 Å². The van der Waals surface area contributed by atoms with Crippen LogP contribution in [0.2, 0.25) is 0 Å². The third-order valence-corrected chi connectivity index (χ3v) is 9.48. The van der Waals surface area contributed by atoms with Crippen molar-refractivity contribution in [1.82, 2.24) is 25.1 Å². The average Bonchev–Trinajstić information content (AvgIpc) is 3.50. The van der Waals surface area contributed by atoms with Gasteiger partial charge in [0.2, 0.25) is 5.91 Å². The number of piperazine rings is 1. The van der Waals surface area contributed by atoms with E-state index in [0.29, 0.717) is 36.7 Å². The van der Waals surface area contributed by atoms with Gasteiger partial charge in [0, 0.05) is 58.0 Å². The minimum absolute atomic E-state index is 0.0358. The molecule has 0 radical (unpaired) electrons. The first-order chi connectivity index (χ1) is 20.2. The second-order valence-electron chi connectivity index (χ2n) is 10.3. The van der Waals surface area contributed by atoms with Gasteiger partial charge in [-0.2, -0.15) is 0 Å². The zero-order chi connectivity index (χ0) is 29.7. The van der Waals surface area contributed by atoms with E-state index in [1.165, 1.54) is 9.80 Å². The van der Waals surface area contributed by atoms with Crippen molar-refractivity contribution < 1.29 is 37.8 Å². The van der Waals surface area contributed by atoms with E-state index < -0.39 is 31.5 Å². The first-order valence-corrected chi connectivity index (χ1v) is 15.7. The molecule has 3 fully saturated rings. The third kappa shape index (κ3) is 7.06. The summed E-state index contributed by atoms with van der Waals surface area (Å²) in [6.45, 7) is 2.25. The van der Waals surface area contributed by atoms with Crippen molar-refractivity contribution in [3.63, 3.8) is 0 Å². The number of ether oxygens (including phenoxy) is 1. The number of nitrogens with one attached hydrogen (secondary N) is 1. The Kier molecular flexibility index (Phi) is 9.37. The summed E-state index contributed by atoms with van der Waals surface area (Å²) >= 11 is 0. The maximum atomic E-state index is 13.7. The summed E-state index contributed by atoms with van der Waals surface area (Å²) in [7, 11) is -2.01. The van der Waals surface area contributed by atoms with Gasteiger partial charge in [-0.15, -0.1) is 0 Å². The third-order valence-electron chi connectivity index (χ3n) is 7.52. The molecule has 2 N–H and O–H groups in total. The number of hydrogen-bond acceptors (Lipinski definition) is 10. The monoisotopic (exact) mass is 602 g/mol. The highest BCUT2D eigenvalue weighted by molar-refractivity contribution is 7.54. The molecule has 42 heavy (non-hydrogen) atoms. The van der Waals surface area contributed by atoms with Gasteiger partial charge < -0.3 is 38.9 Å². The molecule has 3 saturated heterocycles. The van der Waals surface area contributed by atoms with Gasteiger partial charge >= 0.3 is 13.7 Å². The van der Waals surface area contributed by atoms with Crippen LogP contribution in [0.4, 0.5) is 10.6 Å². The molecule has 5 rings (SSSR count). The van der Waals surface area contributed by atoms with E-state index in [2.05, 4.69) is 10.3 Å². The molecule has 4 heterocycles. The lowest BCUT2D eigenvalue weighted by molar-refractivity contribution is -0.134. The van der Waals surface area contributed by atoms with Gasteiger partial charge in [0.05, 0.1) is 25.5 Å². The van der Waals surface area contributed by atoms with E-state index in [1.807, 2.05) is 35.2 Å². The largest absolute Gasteiger partial charge is 0.465 e. The molecule has 0 spiro atoms. The molecular weight excluding hydrogens is 567 g/mol. The molecule has 15 heteroatoms. The molecule has 3 aliphatic heterocycles. The van der Waals surface area contributed by atoms with Gasteiger partial charge in [-0.1, -0.05) is 30.3 Å². The first-order valence-electron chi connectivity index (χ1n) is 13.9. The van der Waals surface area contributed by atoms with Gasteiger partial charge in [-0.25, -0.2) is 14.8 Å². The molecule has 0 bridgehead atoms. The molecule has 14 nitrogen and oxygen atoms in total. The average molecular weight is 603 g/mol. The zero-order valence-electron chi connectivity index (χ0n) is 23.4. The van der Waals surface area contributed by atoms with Crippen LogP contribution in [0.1, 0.15) is 23.3 Å². The summed E-state index contributed by atoms with van der Waals surface area (Å²) in [6, 6.07) is 9.58. The lowest BCUT2D eigenvalue weighted by atomic mass is 10.2. The van der Waals surface area contributed by atoms with Crippen molar-refractivity contribution in [2.75, 3.05) is 70.7 Å². The molecule has 3 aliphatic rings. The zero-order valence-corrected chi connectivity index (χ0v) is 24.3. The summed E-state index contributed by atoms with van der Waals surface area (Å²) in [5.74, 6) is -0.252. The molecule has 226 valence electrons. The number of aromatic nitrogens is 2. The number of carbonyl (C=O) groups excluding carboxylic acids is 2. The Balaban J connectivity index is 1.42. The maximum absolute atomic E-state index is 13.7. The van der Waals surface area contributed by atoms with E-state index in [1.54, 1.807) is 13.2 Å². The molecule has 3 amide bonds. The van der Waals surface area contributed by atoms with E-state index in [9.17, 15) is 24.1 Å². The Morgan fingerprint density at radius 1 is 1.07 bits per heavy atom. The van der Waals surface area contributed by atoms with E-state index >= 15 is 0 Å². The molecule has 1 aromatic carbocycles. The minimum Gasteiger partial charge on any atom is -0.465 e. The molecule has 2 atom stereocenters. The fourth-order valence-electron chi connectivity index (χ4n) is 5.15. The summed E-state index contributed by atoms with van der Waals surface area (Å²) in [5, 5.41) is 12.0. The minimum atomic E-state index is -3.67. The van der Waals surface area contributed by atoms with Crippen LogP contribution in [0.3, 0.4) is 0 Å². The van der Waals surface area contributed by atoms with Gasteiger partial charge in [-0.3, -0.25) is 14.2 Å². The fourth-order valence-corrected chi connectivity index (χ4v) is 6.94. The number of methoxy groups -OCH3 is 1. The topological polar surface area (TPSA) is 164 Å². The molecule has 0 saturated carbocycles. The first kappa shape index (κ1) is 29.9. The predicted octanol–water partition coefficient (Wildman–Crippen LogP) is 1.92. The predicted molar refractivity (Wildman–Crippen MR) is 152 cm³/mol. The SMILES string of the molecule is CO[C@H]1CCN(c2cc(C(=O)N[C@@H](CP3(=O)OCCCO3)C(=O)N3CCN(C(=O)O)CC3)nc(-c3ccccc3)n2)C1. The normalized spacial score (nSPS) is 21.2. The van der Waals surface area contributed by atoms with Crippen LogP contribution >= 0.6 is 7.60 Å². The Bertz CT molecular complexity index is 1330. The Hall–Kier alpha value is -3.58. The number of nitrogens with zero attached hydrogens (tertiary/aromatic N) is 5. The van der Waals surface area contributed by atoms with E-state index in [-0.39, 0.29) is 57.4 Å². The number of amides is 3. The van der Waals surface area contributed by atoms with Gasteiger partial charge in [0.1, 0.15) is 17.6 Å². The van der Waals surface area contributed by atoms with Crippen molar-refractivity contribution >= 4 is 31.3 Å². The fraction of sp³-hybridized carbons (Fsp3) is 0.519. The van der Waals surface area contributed by atoms with Crippen molar-refractivity contribution in [3.05, 3.63) is 42.1 Å². The van der Waals surface area contributed by atoms with E-state index in [4.69, 9.17) is 18.8 Å². The van der Waals surface area contributed by atoms with Gasteiger partial charge in [-0.05, 0) is 12.8 Å². The molecule has 0 aliphatic carbocycles. The summed E-state index contributed by atoms with van der Waals surface area (Å²) in [6.07, 6.45) is -0.0120. The molecule has 1 aromatic heterocycles. The summed E-state index contributed by atoms with van der Waals surface area (Å²) in [5.41, 5.74) is 0.755. The molecule has 2 aromatic rings. The summed E-state index contributed by atoms with van der Waals surface area (Å²) in [4.78, 5) is 52.6. The standard InChI is InChI=1S/C27H35N6O8P/c1-39-20-8-9-33(17-20)23-16-21(28-24(30-23)19-6-3-2-4-7-19)25(34)29-22(18-42(38)40-14-5-15-41-42)26(35)31-10-12-32(13-11-31)27(36)37/h2-4,6-7,16,20,22H,5,8-15,17-18H2,1H3,(H,29,34)(H,36,37)/t20-,22-/m0/s1. The number of carbonyl (C=O) groups is 3. The summed E-state index contributed by atoms with van der Waals surface area (Å²) < 4.78 is 29.7. The second kappa shape index (κ2) is 13.2. The van der Waals surface area contributed by atoms with Gasteiger partial charge in [0.25, 0.3) is 5.91 Å². The molecular formula is C27H35N6O8P. The molecule has 0 unspecified atom stereocenters. The number of benzene rings is 1. The van der Waals surface area contributed by atoms with E-state index in [0.717, 1.165) is 6.42 Å². The van der Waals surface area contributed by atoms with Crippen LogP contribution in [0.15, 0.2) is 36.4 Å². The number of hydrogen-bond donors (Lipinski definition) is 2. The highest BCUT2D eigenvalue weighted by Crippen LogP contribution is 2.51. The highest BCUT2D eigenvalue weighted by atomic mass is 31.2. The van der Waals surface area contributed by atoms with Crippen LogP contribution in [-0.4, -0.2) is 121 Å². The Morgan fingerprint density at radius 3 is 2.40 bits per heavy atom. The van der Waals surface area contributed by atoms with Gasteiger partial charge in [0.15, 0.2) is 5.82 Å². The number of rotatable bonds is 8. The lowest BCUT2D eigenvalue weighted by Gasteiger charge is -2.36. The van der Waals surface area contributed by atoms with Crippen molar-refractivity contribution in [1.29, 1.82) is 0 Å². The van der Waals surface area contributed by atoms with Crippen LogP contribution in [0, 0.1) is 0 Å². The Labute approximate surface area is 243 Å².